The molecule has 2 rings (SSSR count). The smallest absolute Gasteiger partial charge is 0.0106 e. The maximum absolute atomic E-state index is 3.72. The van der Waals surface area contributed by atoms with Crippen LogP contribution in [-0.2, 0) is 0 Å². The second-order valence-corrected chi connectivity index (χ2v) is 6.41. The molecule has 1 aliphatic rings. The number of nitrogens with one attached hydrogen (secondary N) is 1. The van der Waals surface area contributed by atoms with Crippen LogP contribution in [0.1, 0.15) is 39.0 Å². The van der Waals surface area contributed by atoms with Crippen molar-refractivity contribution in [3.63, 3.8) is 0 Å². The van der Waals surface area contributed by atoms with Crippen LogP contribution in [0.2, 0.25) is 0 Å². The lowest BCUT2D eigenvalue weighted by Crippen LogP contribution is -2.34. The molecular formula is C16H25NS. The predicted molar refractivity (Wildman–Crippen MR) is 81.2 cm³/mol. The van der Waals surface area contributed by atoms with Crippen LogP contribution in [0.5, 0.6) is 0 Å². The molecule has 100 valence electrons. The van der Waals surface area contributed by atoms with Crippen LogP contribution in [0.25, 0.3) is 0 Å². The zero-order valence-corrected chi connectivity index (χ0v) is 12.2. The Morgan fingerprint density at radius 1 is 1.11 bits per heavy atom. The lowest BCUT2D eigenvalue weighted by Gasteiger charge is -2.28. The van der Waals surface area contributed by atoms with Gasteiger partial charge in [0, 0.05) is 23.2 Å². The Hall–Kier alpha value is -0.470. The van der Waals surface area contributed by atoms with E-state index in [2.05, 4.69) is 42.6 Å². The van der Waals surface area contributed by atoms with Gasteiger partial charge in [0.05, 0.1) is 0 Å². The zero-order chi connectivity index (χ0) is 12.6. The van der Waals surface area contributed by atoms with Crippen LogP contribution in [0, 0.1) is 5.92 Å². The highest BCUT2D eigenvalue weighted by molar-refractivity contribution is 7.99. The first-order chi connectivity index (χ1) is 8.88. The van der Waals surface area contributed by atoms with Gasteiger partial charge in [0.2, 0.25) is 0 Å². The standard InChI is InChI=1S/C16H25NS/c1-2-14-8-10-15(11-9-14)17-12-13-18-16-6-4-3-5-7-16/h3-7,14-15,17H,2,8-13H2,1H3. The number of hydrogen-bond donors (Lipinski definition) is 1. The van der Waals surface area contributed by atoms with E-state index < -0.39 is 0 Å². The van der Waals surface area contributed by atoms with Gasteiger partial charge in [0.15, 0.2) is 0 Å². The average molecular weight is 263 g/mol. The van der Waals surface area contributed by atoms with Crippen molar-refractivity contribution < 1.29 is 0 Å². The van der Waals surface area contributed by atoms with Crippen molar-refractivity contribution in [3.05, 3.63) is 30.3 Å². The largest absolute Gasteiger partial charge is 0.313 e. The van der Waals surface area contributed by atoms with Crippen LogP contribution < -0.4 is 5.32 Å². The molecule has 1 fully saturated rings. The van der Waals surface area contributed by atoms with Gasteiger partial charge in [-0.05, 0) is 43.7 Å². The van der Waals surface area contributed by atoms with Crippen LogP contribution in [0.4, 0.5) is 0 Å². The molecule has 0 aliphatic heterocycles. The molecule has 18 heavy (non-hydrogen) atoms. The van der Waals surface area contributed by atoms with Gasteiger partial charge in [-0.25, -0.2) is 0 Å². The molecule has 1 N–H and O–H groups in total. The van der Waals surface area contributed by atoms with E-state index in [-0.39, 0.29) is 0 Å². The second-order valence-electron chi connectivity index (χ2n) is 5.24. The fourth-order valence-corrected chi connectivity index (χ4v) is 3.53. The summed E-state index contributed by atoms with van der Waals surface area (Å²) in [5.41, 5.74) is 0. The van der Waals surface area contributed by atoms with Crippen LogP contribution >= 0.6 is 11.8 Å². The van der Waals surface area contributed by atoms with Crippen molar-refractivity contribution in [2.75, 3.05) is 12.3 Å². The quantitative estimate of drug-likeness (QED) is 0.605. The lowest BCUT2D eigenvalue weighted by atomic mass is 9.84. The summed E-state index contributed by atoms with van der Waals surface area (Å²) in [4.78, 5) is 1.38. The molecule has 0 spiro atoms. The number of rotatable bonds is 6. The van der Waals surface area contributed by atoms with E-state index >= 15 is 0 Å². The van der Waals surface area contributed by atoms with Crippen molar-refractivity contribution >= 4 is 11.8 Å². The SMILES string of the molecule is CCC1CCC(NCCSc2ccccc2)CC1. The molecule has 1 aliphatic carbocycles. The van der Waals surface area contributed by atoms with Gasteiger partial charge >= 0.3 is 0 Å². The van der Waals surface area contributed by atoms with E-state index in [4.69, 9.17) is 0 Å². The van der Waals surface area contributed by atoms with Crippen molar-refractivity contribution in [3.8, 4) is 0 Å². The molecule has 0 bridgehead atoms. The van der Waals surface area contributed by atoms with Crippen LogP contribution in [0.15, 0.2) is 35.2 Å². The Bertz CT molecular complexity index is 317. The highest BCUT2D eigenvalue weighted by Crippen LogP contribution is 2.26. The lowest BCUT2D eigenvalue weighted by molar-refractivity contribution is 0.289. The Morgan fingerprint density at radius 3 is 2.50 bits per heavy atom. The first-order valence-electron chi connectivity index (χ1n) is 7.29. The predicted octanol–water partition coefficient (Wildman–Crippen LogP) is 4.34. The van der Waals surface area contributed by atoms with Gasteiger partial charge in [-0.3, -0.25) is 0 Å². The minimum Gasteiger partial charge on any atom is -0.313 e. The molecule has 1 nitrogen and oxygen atoms in total. The molecule has 0 atom stereocenters. The molecule has 0 radical (unpaired) electrons. The van der Waals surface area contributed by atoms with Gasteiger partial charge in [0.1, 0.15) is 0 Å². The topological polar surface area (TPSA) is 12.0 Å². The molecule has 0 unspecified atom stereocenters. The van der Waals surface area contributed by atoms with E-state index in [1.807, 2.05) is 11.8 Å². The minimum absolute atomic E-state index is 0.782. The third-order valence-corrected chi connectivity index (χ3v) is 4.98. The zero-order valence-electron chi connectivity index (χ0n) is 11.4. The molecule has 0 heterocycles. The number of hydrogen-bond acceptors (Lipinski definition) is 2. The third kappa shape index (κ3) is 4.66. The van der Waals surface area contributed by atoms with Crippen LogP contribution in [-0.4, -0.2) is 18.3 Å². The van der Waals surface area contributed by atoms with E-state index in [9.17, 15) is 0 Å². The van der Waals surface area contributed by atoms with Gasteiger partial charge in [-0.15, -0.1) is 11.8 Å². The van der Waals surface area contributed by atoms with Crippen molar-refractivity contribution in [1.29, 1.82) is 0 Å². The summed E-state index contributed by atoms with van der Waals surface area (Å²) >= 11 is 1.95. The summed E-state index contributed by atoms with van der Waals surface area (Å²) in [6, 6.07) is 11.5. The van der Waals surface area contributed by atoms with E-state index in [0.717, 1.165) is 18.5 Å². The summed E-state index contributed by atoms with van der Waals surface area (Å²) in [5, 5.41) is 3.72. The maximum atomic E-state index is 3.72. The molecule has 1 saturated carbocycles. The molecular weight excluding hydrogens is 238 g/mol. The normalized spacial score (nSPS) is 24.1. The highest BCUT2D eigenvalue weighted by Gasteiger charge is 2.18. The third-order valence-electron chi connectivity index (χ3n) is 3.97. The second kappa shape index (κ2) is 7.85. The number of benzene rings is 1. The summed E-state index contributed by atoms with van der Waals surface area (Å²) in [6.45, 7) is 3.47. The fourth-order valence-electron chi connectivity index (χ4n) is 2.72. The summed E-state index contributed by atoms with van der Waals surface area (Å²) in [5.74, 6) is 2.18. The molecule has 0 aromatic heterocycles. The molecule has 1 aromatic rings. The van der Waals surface area contributed by atoms with E-state index in [1.54, 1.807) is 0 Å². The molecule has 0 amide bonds. The summed E-state index contributed by atoms with van der Waals surface area (Å²) in [6.07, 6.45) is 7.00. The van der Waals surface area contributed by atoms with Crippen molar-refractivity contribution in [2.45, 2.75) is 50.0 Å². The summed E-state index contributed by atoms with van der Waals surface area (Å²) in [7, 11) is 0. The fraction of sp³-hybridized carbons (Fsp3) is 0.625. The van der Waals surface area contributed by atoms with Gasteiger partial charge in [-0.2, -0.15) is 0 Å². The summed E-state index contributed by atoms with van der Waals surface area (Å²) < 4.78 is 0. The van der Waals surface area contributed by atoms with Crippen molar-refractivity contribution in [1.82, 2.24) is 5.32 Å². The average Bonchev–Trinajstić information content (AvgIpc) is 2.45. The molecule has 2 heteroatoms. The first-order valence-corrected chi connectivity index (χ1v) is 8.28. The van der Waals surface area contributed by atoms with Gasteiger partial charge in [0.25, 0.3) is 0 Å². The minimum atomic E-state index is 0.782. The molecule has 0 saturated heterocycles. The monoisotopic (exact) mass is 263 g/mol. The first kappa shape index (κ1) is 14.0. The number of thioether (sulfide) groups is 1. The maximum Gasteiger partial charge on any atom is 0.0106 e. The van der Waals surface area contributed by atoms with Crippen molar-refractivity contribution in [2.24, 2.45) is 5.92 Å². The van der Waals surface area contributed by atoms with Gasteiger partial charge in [-0.1, -0.05) is 31.5 Å². The van der Waals surface area contributed by atoms with E-state index in [1.165, 1.54) is 42.8 Å². The van der Waals surface area contributed by atoms with Crippen LogP contribution in [0.3, 0.4) is 0 Å². The van der Waals surface area contributed by atoms with E-state index in [0.29, 0.717) is 0 Å². The Labute approximate surface area is 116 Å². The Morgan fingerprint density at radius 2 is 1.83 bits per heavy atom. The molecule has 1 aromatic carbocycles. The Balaban J connectivity index is 1.56. The highest BCUT2D eigenvalue weighted by atomic mass is 32.2. The van der Waals surface area contributed by atoms with Gasteiger partial charge < -0.3 is 5.32 Å². The Kier molecular flexibility index (Phi) is 6.09.